The average Bonchev–Trinajstić information content (AvgIpc) is 2.78. The molecule has 2 aromatic carbocycles. The summed E-state index contributed by atoms with van der Waals surface area (Å²) < 4.78 is 6.05. The maximum absolute atomic E-state index is 14.2. The molecular formula is C28H33Cl2NO5. The predicted molar refractivity (Wildman–Crippen MR) is 140 cm³/mol. The largest absolute Gasteiger partial charge is 0.481 e. The lowest BCUT2D eigenvalue weighted by Gasteiger charge is -2.51. The Balaban J connectivity index is 2.23. The number of carbonyl (C=O) groups excluding carboxylic acids is 2. The van der Waals surface area contributed by atoms with Gasteiger partial charge < -0.3 is 19.5 Å². The standard InChI is InChI=1S/C28H33Cl2NO5/c1-27(2,3)36-17-22(12-13-32)31-25(18-8-10-20(29)11-9-18)23(19-6-5-7-21(30)14-19)15-28(4,26(31)35)16-24(33)34/h5-11,13-14,22-23,25H,12,15-17H2,1-4H3,(H,33,34)/t22-,23+,25+,28-/m0/s1. The summed E-state index contributed by atoms with van der Waals surface area (Å²) in [6, 6.07) is 13.6. The Hall–Kier alpha value is -2.41. The molecule has 0 saturated carbocycles. The van der Waals surface area contributed by atoms with Crippen LogP contribution in [0.1, 0.15) is 70.0 Å². The molecule has 0 spiro atoms. The van der Waals surface area contributed by atoms with Gasteiger partial charge in [0.25, 0.3) is 0 Å². The van der Waals surface area contributed by atoms with Crippen LogP contribution in [0.15, 0.2) is 48.5 Å². The Morgan fingerprint density at radius 1 is 1.17 bits per heavy atom. The summed E-state index contributed by atoms with van der Waals surface area (Å²) in [5.74, 6) is -1.65. The fourth-order valence-corrected chi connectivity index (χ4v) is 5.32. The fourth-order valence-electron chi connectivity index (χ4n) is 5.00. The molecule has 1 fully saturated rings. The van der Waals surface area contributed by atoms with Crippen molar-refractivity contribution >= 4 is 41.4 Å². The normalized spacial score (nSPS) is 23.4. The van der Waals surface area contributed by atoms with Crippen LogP contribution in [-0.4, -0.2) is 46.4 Å². The molecule has 6 nitrogen and oxygen atoms in total. The van der Waals surface area contributed by atoms with Crippen molar-refractivity contribution < 1.29 is 24.2 Å². The minimum Gasteiger partial charge on any atom is -0.481 e. The minimum absolute atomic E-state index is 0.0529. The van der Waals surface area contributed by atoms with Gasteiger partial charge in [-0.2, -0.15) is 0 Å². The smallest absolute Gasteiger partial charge is 0.304 e. The van der Waals surface area contributed by atoms with Crippen molar-refractivity contribution in [1.82, 2.24) is 4.90 Å². The second-order valence-corrected chi connectivity index (χ2v) is 11.6. The summed E-state index contributed by atoms with van der Waals surface area (Å²) in [6.45, 7) is 7.53. The molecule has 194 valence electrons. The van der Waals surface area contributed by atoms with E-state index in [2.05, 4.69) is 0 Å². The first kappa shape index (κ1) is 28.2. The topological polar surface area (TPSA) is 83.9 Å². The van der Waals surface area contributed by atoms with Crippen molar-refractivity contribution in [3.05, 3.63) is 69.7 Å². The number of likely N-dealkylation sites (tertiary alicyclic amines) is 1. The van der Waals surface area contributed by atoms with Gasteiger partial charge in [-0.3, -0.25) is 9.59 Å². The Kier molecular flexibility index (Phi) is 8.86. The summed E-state index contributed by atoms with van der Waals surface area (Å²) in [5, 5.41) is 10.8. The molecule has 4 atom stereocenters. The first-order valence-corrected chi connectivity index (χ1v) is 12.7. The minimum atomic E-state index is -1.19. The number of carbonyl (C=O) groups is 3. The van der Waals surface area contributed by atoms with Crippen molar-refractivity contribution in [2.45, 2.75) is 70.6 Å². The molecule has 1 aliphatic heterocycles. The molecule has 1 amide bonds. The van der Waals surface area contributed by atoms with E-state index >= 15 is 0 Å². The average molecular weight is 534 g/mol. The Bertz CT molecular complexity index is 1100. The van der Waals surface area contributed by atoms with E-state index in [1.807, 2.05) is 51.1 Å². The van der Waals surface area contributed by atoms with E-state index in [-0.39, 0.29) is 31.3 Å². The number of halogens is 2. The van der Waals surface area contributed by atoms with E-state index in [0.717, 1.165) is 17.4 Å². The van der Waals surface area contributed by atoms with Crippen LogP contribution in [0.4, 0.5) is 0 Å². The summed E-state index contributed by atoms with van der Waals surface area (Å²) in [5.41, 5.74) is 0.0387. The first-order chi connectivity index (χ1) is 16.8. The molecule has 2 aromatic rings. The van der Waals surface area contributed by atoms with Crippen molar-refractivity contribution in [2.75, 3.05) is 6.61 Å². The van der Waals surface area contributed by atoms with Crippen LogP contribution in [-0.2, 0) is 19.1 Å². The molecular weight excluding hydrogens is 501 g/mol. The zero-order valence-electron chi connectivity index (χ0n) is 21.0. The van der Waals surface area contributed by atoms with Crippen LogP contribution < -0.4 is 0 Å². The van der Waals surface area contributed by atoms with Gasteiger partial charge in [0.1, 0.15) is 6.29 Å². The zero-order chi connectivity index (χ0) is 26.7. The van der Waals surface area contributed by atoms with E-state index in [9.17, 15) is 19.5 Å². The van der Waals surface area contributed by atoms with Crippen LogP contribution in [0.3, 0.4) is 0 Å². The van der Waals surface area contributed by atoms with Crippen LogP contribution in [0.2, 0.25) is 10.0 Å². The lowest BCUT2D eigenvalue weighted by Crippen LogP contribution is -2.57. The van der Waals surface area contributed by atoms with Crippen molar-refractivity contribution in [2.24, 2.45) is 5.41 Å². The second kappa shape index (κ2) is 11.3. The molecule has 36 heavy (non-hydrogen) atoms. The summed E-state index contributed by atoms with van der Waals surface area (Å²) >= 11 is 12.5. The number of amides is 1. The number of aliphatic carboxylic acids is 1. The van der Waals surface area contributed by atoms with Crippen molar-refractivity contribution in [3.8, 4) is 0 Å². The van der Waals surface area contributed by atoms with Crippen LogP contribution in [0.5, 0.6) is 0 Å². The lowest BCUT2D eigenvalue weighted by atomic mass is 9.67. The molecule has 1 heterocycles. The van der Waals surface area contributed by atoms with E-state index in [1.54, 1.807) is 30.0 Å². The Morgan fingerprint density at radius 3 is 2.39 bits per heavy atom. The van der Waals surface area contributed by atoms with Gasteiger partial charge in [-0.05, 0) is 62.6 Å². The highest BCUT2D eigenvalue weighted by Gasteiger charge is 2.52. The highest BCUT2D eigenvalue weighted by atomic mass is 35.5. The van der Waals surface area contributed by atoms with Gasteiger partial charge in [-0.1, -0.05) is 54.4 Å². The van der Waals surface area contributed by atoms with Gasteiger partial charge in [-0.25, -0.2) is 0 Å². The molecule has 3 rings (SSSR count). The van der Waals surface area contributed by atoms with Gasteiger partial charge in [0.15, 0.2) is 0 Å². The van der Waals surface area contributed by atoms with Crippen LogP contribution >= 0.6 is 23.2 Å². The third kappa shape index (κ3) is 6.67. The number of aldehydes is 1. The Labute approximate surface area is 222 Å². The van der Waals surface area contributed by atoms with Gasteiger partial charge in [-0.15, -0.1) is 0 Å². The Morgan fingerprint density at radius 2 is 1.83 bits per heavy atom. The molecule has 0 unspecified atom stereocenters. The number of carboxylic acid groups (broad SMARTS) is 1. The van der Waals surface area contributed by atoms with Crippen LogP contribution in [0.25, 0.3) is 0 Å². The van der Waals surface area contributed by atoms with Gasteiger partial charge in [0.2, 0.25) is 5.91 Å². The highest BCUT2D eigenvalue weighted by Crippen LogP contribution is 2.52. The zero-order valence-corrected chi connectivity index (χ0v) is 22.6. The number of benzene rings is 2. The molecule has 8 heteroatoms. The van der Waals surface area contributed by atoms with E-state index in [0.29, 0.717) is 16.5 Å². The number of hydrogen-bond acceptors (Lipinski definition) is 4. The van der Waals surface area contributed by atoms with E-state index < -0.39 is 29.1 Å². The number of carboxylic acids is 1. The molecule has 0 aromatic heterocycles. The maximum atomic E-state index is 14.2. The number of hydrogen-bond donors (Lipinski definition) is 1. The number of piperidine rings is 1. The molecule has 1 N–H and O–H groups in total. The van der Waals surface area contributed by atoms with Crippen LogP contribution in [0, 0.1) is 5.41 Å². The summed E-state index contributed by atoms with van der Waals surface area (Å²) in [6.07, 6.45) is 0.800. The third-order valence-corrected chi connectivity index (χ3v) is 7.09. The van der Waals surface area contributed by atoms with Crippen molar-refractivity contribution in [3.63, 3.8) is 0 Å². The van der Waals surface area contributed by atoms with E-state index in [4.69, 9.17) is 27.9 Å². The van der Waals surface area contributed by atoms with Gasteiger partial charge in [0, 0.05) is 22.4 Å². The molecule has 0 bridgehead atoms. The SMILES string of the molecule is CC(C)(C)OC[C@H](CC=O)N1C(=O)[C@](C)(CC(=O)O)C[C@H](c2cccc(Cl)c2)[C@H]1c1ccc(Cl)cc1. The molecule has 1 saturated heterocycles. The lowest BCUT2D eigenvalue weighted by molar-refractivity contribution is -0.164. The number of nitrogens with zero attached hydrogens (tertiary/aromatic N) is 1. The summed E-state index contributed by atoms with van der Waals surface area (Å²) in [4.78, 5) is 39.5. The quantitative estimate of drug-likeness (QED) is 0.382. The van der Waals surface area contributed by atoms with E-state index in [1.165, 1.54) is 0 Å². The molecule has 1 aliphatic rings. The molecule has 0 radical (unpaired) electrons. The van der Waals surface area contributed by atoms with Gasteiger partial charge >= 0.3 is 5.97 Å². The van der Waals surface area contributed by atoms with Crippen molar-refractivity contribution in [1.29, 1.82) is 0 Å². The predicted octanol–water partition coefficient (Wildman–Crippen LogP) is 6.30. The summed E-state index contributed by atoms with van der Waals surface area (Å²) in [7, 11) is 0. The second-order valence-electron chi connectivity index (χ2n) is 10.7. The third-order valence-electron chi connectivity index (χ3n) is 6.60. The maximum Gasteiger partial charge on any atom is 0.304 e. The molecule has 0 aliphatic carbocycles. The highest BCUT2D eigenvalue weighted by molar-refractivity contribution is 6.30. The fraction of sp³-hybridized carbons (Fsp3) is 0.464. The monoisotopic (exact) mass is 533 g/mol. The number of ether oxygens (including phenoxy) is 1. The number of rotatable bonds is 9. The van der Waals surface area contributed by atoms with Gasteiger partial charge in [0.05, 0.1) is 36.1 Å². The first-order valence-electron chi connectivity index (χ1n) is 12.0.